The second kappa shape index (κ2) is 17.0. The predicted molar refractivity (Wildman–Crippen MR) is 221 cm³/mol. The molecule has 0 aliphatic carbocycles. The van der Waals surface area contributed by atoms with Gasteiger partial charge in [0.05, 0.1) is 46.2 Å². The number of anilines is 3. The number of hydrogen-bond acceptors (Lipinski definition) is 14. The first-order valence-electron chi connectivity index (χ1n) is 19.7. The average Bonchev–Trinajstić information content (AvgIpc) is 3.72. The van der Waals surface area contributed by atoms with Crippen molar-refractivity contribution >= 4 is 51.5 Å². The number of fused-ring (bicyclic) bond motifs is 15. The molecule has 0 saturated carbocycles. The minimum absolute atomic E-state index is 0.00548. The van der Waals surface area contributed by atoms with Crippen LogP contribution in [-0.2, 0) is 23.8 Å². The first kappa shape index (κ1) is 44.3. The van der Waals surface area contributed by atoms with Gasteiger partial charge >= 0.3 is 17.8 Å². The number of aromatic hydroxyl groups is 3. The number of allylic oxidation sites excluding steroid dienone is 2. The van der Waals surface area contributed by atoms with Gasteiger partial charge in [-0.15, -0.1) is 0 Å². The third-order valence-electron chi connectivity index (χ3n) is 11.7. The number of amides is 3. The molecule has 324 valence electrons. The van der Waals surface area contributed by atoms with Gasteiger partial charge in [0.15, 0.2) is 5.75 Å². The molecule has 3 aromatic rings. The number of methoxy groups -OCH3 is 1. The van der Waals surface area contributed by atoms with E-state index in [0.717, 1.165) is 0 Å². The summed E-state index contributed by atoms with van der Waals surface area (Å²) in [6.07, 6.45) is 3.28. The quantitative estimate of drug-likeness (QED) is 0.105. The van der Waals surface area contributed by atoms with Crippen molar-refractivity contribution in [3.05, 3.63) is 76.2 Å². The van der Waals surface area contributed by atoms with Crippen LogP contribution < -0.4 is 26.1 Å². The van der Waals surface area contributed by atoms with Crippen molar-refractivity contribution in [1.82, 2.24) is 0 Å². The average molecular weight is 843 g/mol. The number of Topliss-reactive ketones (excluding diaryl/α,β-unsaturated/α-hetero) is 1. The van der Waals surface area contributed by atoms with Crippen molar-refractivity contribution in [1.29, 1.82) is 0 Å². The van der Waals surface area contributed by atoms with Crippen LogP contribution in [0.25, 0.3) is 10.8 Å². The lowest BCUT2D eigenvalue weighted by Crippen LogP contribution is -2.46. The molecule has 9 atom stereocenters. The molecule has 0 spiro atoms. The van der Waals surface area contributed by atoms with E-state index in [1.54, 1.807) is 39.8 Å². The lowest BCUT2D eigenvalue weighted by molar-refractivity contribution is -0.160. The number of aliphatic hydroxyl groups excluding tert-OH is 2. The summed E-state index contributed by atoms with van der Waals surface area (Å²) in [5.74, 6) is -8.99. The Morgan fingerprint density at radius 1 is 0.902 bits per heavy atom. The smallest absolute Gasteiger partial charge is 0.368 e. The first-order valence-corrected chi connectivity index (χ1v) is 19.7. The molecule has 3 amide bonds. The van der Waals surface area contributed by atoms with E-state index in [1.165, 1.54) is 71.4 Å². The van der Waals surface area contributed by atoms with Crippen molar-refractivity contribution in [3.63, 3.8) is 0 Å². The van der Waals surface area contributed by atoms with Gasteiger partial charge in [-0.3, -0.25) is 14.4 Å². The van der Waals surface area contributed by atoms with Crippen molar-refractivity contribution in [2.24, 2.45) is 33.7 Å². The summed E-state index contributed by atoms with van der Waals surface area (Å²) in [7, 11) is 1.42. The van der Waals surface area contributed by atoms with Crippen LogP contribution >= 0.6 is 0 Å². The van der Waals surface area contributed by atoms with Crippen LogP contribution in [0, 0.1) is 30.6 Å². The third kappa shape index (κ3) is 8.15. The van der Waals surface area contributed by atoms with Gasteiger partial charge in [0, 0.05) is 66.8 Å². The van der Waals surface area contributed by atoms with Gasteiger partial charge in [-0.25, -0.2) is 4.79 Å². The lowest BCUT2D eigenvalue weighted by Gasteiger charge is -2.38. The van der Waals surface area contributed by atoms with Gasteiger partial charge in [0.25, 0.3) is 11.7 Å². The molecule has 4 aliphatic heterocycles. The number of rotatable bonds is 4. The Labute approximate surface area is 350 Å². The number of aliphatic hydroxyl groups is 2. The Kier molecular flexibility index (Phi) is 12.3. The Morgan fingerprint density at radius 2 is 1.59 bits per heavy atom. The van der Waals surface area contributed by atoms with Gasteiger partial charge in [0.1, 0.15) is 34.7 Å². The van der Waals surface area contributed by atoms with Crippen molar-refractivity contribution < 1.29 is 63.7 Å². The number of benzene rings is 3. The molecule has 7 N–H and O–H groups in total. The number of urea groups is 1. The SMILES string of the molecule is CO[C@H]1/C=C/O[C@@]2(C)Oc3c(C)c(O)c4c(O)c(c(Nc5ccc6c(c5)=NC(=O)N=6)c(O)c4c3C2=O)NC(=O)/C(C)=C\C=C\[C@H](C)[C@H](O)[C@@H](C)[C@H](O)[C@H](C)[C@H](OC(C)=O)[C@@H]1C. The second-order valence-corrected chi connectivity index (χ2v) is 15.9. The van der Waals surface area contributed by atoms with E-state index >= 15 is 0 Å². The molecular weight excluding hydrogens is 792 g/mol. The van der Waals surface area contributed by atoms with Crippen LogP contribution in [0.4, 0.5) is 21.9 Å². The van der Waals surface area contributed by atoms with Crippen LogP contribution in [0.1, 0.15) is 64.4 Å². The Hall–Kier alpha value is -6.30. The predicted octanol–water partition coefficient (Wildman–Crippen LogP) is 4.87. The van der Waals surface area contributed by atoms with Crippen LogP contribution in [0.2, 0.25) is 0 Å². The fraction of sp³-hybridized carbons (Fsp3) is 0.409. The number of ketones is 1. The van der Waals surface area contributed by atoms with E-state index < -0.39 is 94.8 Å². The number of hydrogen-bond donors (Lipinski definition) is 7. The summed E-state index contributed by atoms with van der Waals surface area (Å²) in [4.78, 5) is 60.2. The highest BCUT2D eigenvalue weighted by Gasteiger charge is 2.50. The van der Waals surface area contributed by atoms with Crippen molar-refractivity contribution in [2.75, 3.05) is 17.7 Å². The molecule has 0 radical (unpaired) electrons. The van der Waals surface area contributed by atoms with E-state index in [-0.39, 0.29) is 55.6 Å². The molecule has 7 rings (SSSR count). The maximum Gasteiger partial charge on any atom is 0.368 e. The molecule has 17 nitrogen and oxygen atoms in total. The summed E-state index contributed by atoms with van der Waals surface area (Å²) >= 11 is 0. The number of nitrogens with one attached hydrogen (secondary N) is 2. The fourth-order valence-corrected chi connectivity index (χ4v) is 8.01. The van der Waals surface area contributed by atoms with Crippen molar-refractivity contribution in [3.8, 4) is 23.0 Å². The number of phenolic OH excluding ortho intramolecular Hbond substituents is 3. The number of ether oxygens (including phenoxy) is 4. The number of esters is 1. The van der Waals surface area contributed by atoms with Gasteiger partial charge < -0.3 is 55.1 Å². The van der Waals surface area contributed by atoms with Gasteiger partial charge in [-0.05, 0) is 38.1 Å². The zero-order valence-electron chi connectivity index (χ0n) is 35.1. The van der Waals surface area contributed by atoms with Gasteiger partial charge in [-0.1, -0.05) is 45.9 Å². The summed E-state index contributed by atoms with van der Waals surface area (Å²) in [5.41, 5.74) is -0.587. The second-order valence-electron chi connectivity index (χ2n) is 15.9. The standard InChI is InChI=1S/C44H50N4O13/c1-18-11-10-12-19(2)42(56)48-33-32(45-25-13-14-26-27(17-25)47-43(57)46-26)37(53)29-30(38(33)54)36(52)23(6)40-31(29)41(55)44(8,61-40)59-16-15-28(58-9)20(3)39(60-24(7)49)22(5)35(51)21(4)34(18)50/h10-18,20-22,28,34-35,39,45,50-54H,1-9H3,(H,48,56)/b11-10+,16-15+,19-12-/t18-,20+,21+,22-,28-,34-,35-,39+,44-/m0/s1. The molecule has 3 aromatic carbocycles. The molecule has 0 saturated heterocycles. The Balaban J connectivity index is 1.55. The fourth-order valence-electron chi connectivity index (χ4n) is 8.01. The summed E-state index contributed by atoms with van der Waals surface area (Å²) in [5, 5.41) is 64.0. The monoisotopic (exact) mass is 842 g/mol. The van der Waals surface area contributed by atoms with Crippen molar-refractivity contribution in [2.45, 2.75) is 85.6 Å². The topological polar surface area (TPSA) is 255 Å². The Bertz CT molecular complexity index is 2550. The minimum atomic E-state index is -2.10. The number of carbonyl (C=O) groups excluding carboxylic acids is 4. The lowest BCUT2D eigenvalue weighted by atomic mass is 9.78. The molecule has 4 heterocycles. The maximum atomic E-state index is 14.5. The zero-order chi connectivity index (χ0) is 44.8. The molecule has 61 heavy (non-hydrogen) atoms. The molecule has 17 heteroatoms. The third-order valence-corrected chi connectivity index (χ3v) is 11.7. The molecule has 0 fully saturated rings. The first-order chi connectivity index (χ1) is 28.7. The number of carbonyl (C=O) groups is 4. The molecule has 0 unspecified atom stereocenters. The summed E-state index contributed by atoms with van der Waals surface area (Å²) < 4.78 is 23.5. The maximum absolute atomic E-state index is 14.5. The van der Waals surface area contributed by atoms with Crippen LogP contribution in [0.5, 0.6) is 23.0 Å². The van der Waals surface area contributed by atoms with Crippen LogP contribution in [-0.4, -0.2) is 86.5 Å². The van der Waals surface area contributed by atoms with E-state index in [0.29, 0.717) is 5.36 Å². The summed E-state index contributed by atoms with van der Waals surface area (Å²) in [6, 6.07) is 3.75. The van der Waals surface area contributed by atoms with E-state index in [1.807, 2.05) is 0 Å². The highest BCUT2D eigenvalue weighted by molar-refractivity contribution is 6.24. The highest BCUT2D eigenvalue weighted by atomic mass is 16.7. The van der Waals surface area contributed by atoms with E-state index in [4.69, 9.17) is 18.9 Å². The van der Waals surface area contributed by atoms with E-state index in [2.05, 4.69) is 20.6 Å². The largest absolute Gasteiger partial charge is 0.507 e. The van der Waals surface area contributed by atoms with Crippen LogP contribution in [0.15, 0.2) is 64.3 Å². The number of nitrogens with zero attached hydrogens (tertiary/aromatic N) is 2. The minimum Gasteiger partial charge on any atom is -0.507 e. The van der Waals surface area contributed by atoms with Crippen LogP contribution in [0.3, 0.4) is 0 Å². The number of phenols is 3. The molecule has 5 bridgehead atoms. The highest BCUT2D eigenvalue weighted by Crippen LogP contribution is 2.57. The molecular formula is C44H50N4O13. The molecule has 0 aromatic heterocycles. The zero-order valence-corrected chi connectivity index (χ0v) is 35.1. The van der Waals surface area contributed by atoms with Gasteiger partial charge in [-0.2, -0.15) is 9.98 Å². The normalized spacial score (nSPS) is 30.0. The Morgan fingerprint density at radius 3 is 2.26 bits per heavy atom. The summed E-state index contributed by atoms with van der Waals surface area (Å²) in [6.45, 7) is 12.3. The molecule has 4 aliphatic rings. The van der Waals surface area contributed by atoms with E-state index in [9.17, 15) is 44.7 Å². The van der Waals surface area contributed by atoms with Gasteiger partial charge in [0.2, 0.25) is 0 Å².